The van der Waals surface area contributed by atoms with Gasteiger partial charge in [-0.25, -0.2) is 8.78 Å². The van der Waals surface area contributed by atoms with Crippen LogP contribution in [0, 0.1) is 41.2 Å². The molecule has 1 nitrogen and oxygen atoms in total. The Morgan fingerprint density at radius 2 is 1.35 bits per heavy atom. The summed E-state index contributed by atoms with van der Waals surface area (Å²) < 4.78 is 57.2. The first-order valence-electron chi connectivity index (χ1n) is 12.4. The van der Waals surface area contributed by atoms with Gasteiger partial charge in [0.15, 0.2) is 17.4 Å². The highest BCUT2D eigenvalue weighted by atomic mass is 19.3. The summed E-state index contributed by atoms with van der Waals surface area (Å²) in [6.07, 6.45) is 15.1. The smallest absolute Gasteiger partial charge is 0.387 e. The quantitative estimate of drug-likeness (QED) is 0.403. The van der Waals surface area contributed by atoms with Crippen molar-refractivity contribution in [3.8, 4) is 5.75 Å². The van der Waals surface area contributed by atoms with Crippen LogP contribution in [0.4, 0.5) is 17.6 Å². The van der Waals surface area contributed by atoms with Crippen LogP contribution in [0.3, 0.4) is 0 Å². The fraction of sp³-hybridized carbons (Fsp3) is 0.769. The Bertz CT molecular complexity index is 705. The van der Waals surface area contributed by atoms with Crippen molar-refractivity contribution in [1.82, 2.24) is 0 Å². The molecular formula is C26H36F4O. The van der Waals surface area contributed by atoms with Gasteiger partial charge in [-0.2, -0.15) is 8.78 Å². The molecule has 1 aromatic carbocycles. The number of hydrogen-bond donors (Lipinski definition) is 0. The first-order valence-corrected chi connectivity index (χ1v) is 12.4. The maximum Gasteiger partial charge on any atom is 0.387 e. The van der Waals surface area contributed by atoms with E-state index in [-0.39, 0.29) is 5.92 Å². The van der Waals surface area contributed by atoms with E-state index in [4.69, 9.17) is 0 Å². The summed E-state index contributed by atoms with van der Waals surface area (Å²) in [5.41, 5.74) is 0.589. The van der Waals surface area contributed by atoms with E-state index in [9.17, 15) is 17.6 Å². The van der Waals surface area contributed by atoms with Gasteiger partial charge in [0.05, 0.1) is 0 Å². The number of benzene rings is 1. The second kappa shape index (κ2) is 10.1. The minimum atomic E-state index is -3.23. The molecule has 0 aromatic heterocycles. The van der Waals surface area contributed by atoms with Gasteiger partial charge in [0, 0.05) is 0 Å². The predicted molar refractivity (Wildman–Crippen MR) is 114 cm³/mol. The number of ether oxygens (including phenoxy) is 1. The highest BCUT2D eigenvalue weighted by molar-refractivity contribution is 5.33. The lowest BCUT2D eigenvalue weighted by Gasteiger charge is -2.45. The highest BCUT2D eigenvalue weighted by Gasteiger charge is 2.39. The average molecular weight is 441 g/mol. The zero-order chi connectivity index (χ0) is 22.0. The van der Waals surface area contributed by atoms with Crippen molar-refractivity contribution in [1.29, 1.82) is 0 Å². The van der Waals surface area contributed by atoms with Crippen molar-refractivity contribution < 1.29 is 22.3 Å². The van der Waals surface area contributed by atoms with Crippen LogP contribution in [0.2, 0.25) is 0 Å². The Kier molecular flexibility index (Phi) is 7.48. The number of fused-ring (bicyclic) bond motifs is 1. The summed E-state index contributed by atoms with van der Waals surface area (Å²) in [4.78, 5) is 0. The van der Waals surface area contributed by atoms with E-state index in [2.05, 4.69) is 11.7 Å². The predicted octanol–water partition coefficient (Wildman–Crippen LogP) is 8.47. The van der Waals surface area contributed by atoms with Gasteiger partial charge in [-0.05, 0) is 105 Å². The Morgan fingerprint density at radius 1 is 0.806 bits per heavy atom. The molecule has 0 spiro atoms. The van der Waals surface area contributed by atoms with Gasteiger partial charge in [0.25, 0.3) is 0 Å². The van der Waals surface area contributed by atoms with Crippen LogP contribution in [-0.2, 0) is 0 Å². The highest BCUT2D eigenvalue weighted by Crippen LogP contribution is 2.51. The lowest BCUT2D eigenvalue weighted by atomic mass is 9.60. The molecular weight excluding hydrogens is 404 g/mol. The van der Waals surface area contributed by atoms with Crippen molar-refractivity contribution in [2.24, 2.45) is 29.6 Å². The first kappa shape index (κ1) is 22.9. The lowest BCUT2D eigenvalue weighted by Crippen LogP contribution is -2.34. The lowest BCUT2D eigenvalue weighted by molar-refractivity contribution is -0.0546. The molecule has 4 rings (SSSR count). The molecule has 5 heteroatoms. The zero-order valence-electron chi connectivity index (χ0n) is 18.6. The van der Waals surface area contributed by atoms with Gasteiger partial charge in [-0.15, -0.1) is 0 Å². The summed E-state index contributed by atoms with van der Waals surface area (Å²) in [5, 5.41) is 0. The van der Waals surface area contributed by atoms with Crippen LogP contribution in [0.1, 0.15) is 95.5 Å². The third-order valence-electron chi connectivity index (χ3n) is 8.61. The molecule has 3 aliphatic carbocycles. The van der Waals surface area contributed by atoms with Crippen molar-refractivity contribution in [2.75, 3.05) is 0 Å². The van der Waals surface area contributed by atoms with E-state index in [1.807, 2.05) is 0 Å². The van der Waals surface area contributed by atoms with Crippen molar-refractivity contribution in [2.45, 2.75) is 96.5 Å². The van der Waals surface area contributed by atoms with E-state index in [0.717, 1.165) is 42.9 Å². The minimum Gasteiger partial charge on any atom is -0.429 e. The summed E-state index contributed by atoms with van der Waals surface area (Å²) in [7, 11) is 0. The second-order valence-electron chi connectivity index (χ2n) is 10.4. The Balaban J connectivity index is 1.33. The molecule has 3 aliphatic rings. The monoisotopic (exact) mass is 440 g/mol. The zero-order valence-corrected chi connectivity index (χ0v) is 18.6. The molecule has 3 saturated carbocycles. The maximum atomic E-state index is 14.2. The van der Waals surface area contributed by atoms with Gasteiger partial charge in [-0.3, -0.25) is 0 Å². The van der Waals surface area contributed by atoms with Crippen molar-refractivity contribution >= 4 is 0 Å². The number of hydrogen-bond acceptors (Lipinski definition) is 1. The maximum absolute atomic E-state index is 14.2. The van der Waals surface area contributed by atoms with Crippen molar-refractivity contribution in [3.63, 3.8) is 0 Å². The largest absolute Gasteiger partial charge is 0.429 e. The fourth-order valence-corrected chi connectivity index (χ4v) is 7.03. The molecule has 0 heterocycles. The van der Waals surface area contributed by atoms with Crippen LogP contribution < -0.4 is 4.74 Å². The summed E-state index contributed by atoms with van der Waals surface area (Å²) >= 11 is 0. The standard InChI is InChI=1S/C26H36F4O/c1-2-3-16-4-6-17(7-5-16)18-8-9-20-13-21(11-10-19(20)12-18)22-14-23(27)25(24(28)15-22)31-26(29)30/h14-21,26H,2-13H2,1H3. The van der Waals surface area contributed by atoms with Crippen LogP contribution in [-0.4, -0.2) is 6.61 Å². The minimum absolute atomic E-state index is 0.104. The van der Waals surface area contributed by atoms with E-state index in [1.165, 1.54) is 69.9 Å². The van der Waals surface area contributed by atoms with Gasteiger partial charge in [-0.1, -0.05) is 32.6 Å². The third-order valence-corrected chi connectivity index (χ3v) is 8.61. The summed E-state index contributed by atoms with van der Waals surface area (Å²) in [6.45, 7) is -0.944. The summed E-state index contributed by atoms with van der Waals surface area (Å²) in [5.74, 6) is 1.15. The third kappa shape index (κ3) is 5.39. The van der Waals surface area contributed by atoms with Gasteiger partial charge >= 0.3 is 6.61 Å². The van der Waals surface area contributed by atoms with Crippen LogP contribution >= 0.6 is 0 Å². The van der Waals surface area contributed by atoms with Gasteiger partial charge in [0.1, 0.15) is 0 Å². The first-order chi connectivity index (χ1) is 14.9. The summed E-state index contributed by atoms with van der Waals surface area (Å²) in [6, 6.07) is 2.40. The van der Waals surface area contributed by atoms with Crippen LogP contribution in [0.15, 0.2) is 12.1 Å². The van der Waals surface area contributed by atoms with Crippen LogP contribution in [0.25, 0.3) is 0 Å². The van der Waals surface area contributed by atoms with E-state index in [0.29, 0.717) is 11.5 Å². The second-order valence-corrected chi connectivity index (χ2v) is 10.4. The van der Waals surface area contributed by atoms with E-state index < -0.39 is 24.0 Å². The molecule has 1 aromatic rings. The number of rotatable bonds is 6. The SMILES string of the molecule is CCCC1CCC(C2CCC3CC(c4cc(F)c(OC(F)F)c(F)c4)CCC3C2)CC1. The molecule has 0 N–H and O–H groups in total. The fourth-order valence-electron chi connectivity index (χ4n) is 7.03. The molecule has 4 unspecified atom stereocenters. The molecule has 0 saturated heterocycles. The Labute approximate surface area is 183 Å². The normalized spacial score (nSPS) is 33.9. The molecule has 3 fully saturated rings. The molecule has 0 radical (unpaired) electrons. The van der Waals surface area contributed by atoms with Crippen molar-refractivity contribution in [3.05, 3.63) is 29.3 Å². The molecule has 174 valence electrons. The molecule has 0 bridgehead atoms. The molecule has 31 heavy (non-hydrogen) atoms. The van der Waals surface area contributed by atoms with Crippen LogP contribution in [0.5, 0.6) is 5.75 Å². The topological polar surface area (TPSA) is 9.23 Å². The van der Waals surface area contributed by atoms with E-state index >= 15 is 0 Å². The Morgan fingerprint density at radius 3 is 1.97 bits per heavy atom. The molecule has 0 aliphatic heterocycles. The van der Waals surface area contributed by atoms with E-state index in [1.54, 1.807) is 0 Å². The molecule has 0 amide bonds. The molecule has 4 atom stereocenters. The van der Waals surface area contributed by atoms with Gasteiger partial charge in [0.2, 0.25) is 0 Å². The average Bonchev–Trinajstić information content (AvgIpc) is 2.76. The Hall–Kier alpha value is -1.26. The number of alkyl halides is 2. The number of halogens is 4. The van der Waals surface area contributed by atoms with Gasteiger partial charge < -0.3 is 4.74 Å².